The fraction of sp³-hybridized carbons (Fsp3) is 0.250. The number of phenols is 1. The van der Waals surface area contributed by atoms with Crippen molar-refractivity contribution in [1.82, 2.24) is 0 Å². The van der Waals surface area contributed by atoms with E-state index in [9.17, 15) is 34.8 Å². The van der Waals surface area contributed by atoms with Crippen LogP contribution in [0.2, 0.25) is 0 Å². The summed E-state index contributed by atoms with van der Waals surface area (Å²) in [6.45, 7) is 2.17. The summed E-state index contributed by atoms with van der Waals surface area (Å²) in [4.78, 5) is 37.3. The number of hydrogen-bond acceptors (Lipinski definition) is 8. The van der Waals surface area contributed by atoms with Gasteiger partial charge in [-0.05, 0) is 19.1 Å². The maximum Gasteiger partial charge on any atom is 0.303 e. The minimum atomic E-state index is -2.27. The number of carbonyl (C=O) groups excluding carboxylic acids is 3. The molecule has 0 spiro atoms. The Balaban J connectivity index is 2.02. The first kappa shape index (κ1) is 18.1. The normalized spacial score (nSPS) is 28.6. The highest BCUT2D eigenvalue weighted by molar-refractivity contribution is 6.24. The third-order valence-corrected chi connectivity index (χ3v) is 5.27. The summed E-state index contributed by atoms with van der Waals surface area (Å²) in [7, 11) is 0. The Morgan fingerprint density at radius 3 is 2.54 bits per heavy atom. The van der Waals surface area contributed by atoms with Crippen LogP contribution in [0.25, 0.3) is 5.76 Å². The number of carbonyl (C=O) groups is 3. The maximum absolute atomic E-state index is 12.9. The van der Waals surface area contributed by atoms with Crippen LogP contribution in [0.1, 0.15) is 29.8 Å². The SMILES string of the molecule is CC(=O)OC1C2=C(C=C3C(=O)c4c(O)cccc4C(O)=C32)C(=O)C(C)(O)C1O. The van der Waals surface area contributed by atoms with Crippen LogP contribution in [-0.2, 0) is 14.3 Å². The minimum Gasteiger partial charge on any atom is -0.507 e. The second-order valence-corrected chi connectivity index (χ2v) is 7.09. The standard InChI is InChI=1S/C20H16O8/c1-7(21)28-17-14-10(18(25)20(2,27)19(17)26)6-9-13(14)15(23)8-4-3-5-11(22)12(8)16(9)24/h3-6,17,19,22-23,26-27H,1-2H3. The topological polar surface area (TPSA) is 141 Å². The molecule has 0 amide bonds. The van der Waals surface area contributed by atoms with Gasteiger partial charge in [-0.25, -0.2) is 0 Å². The Morgan fingerprint density at radius 1 is 1.21 bits per heavy atom. The number of rotatable bonds is 1. The molecular formula is C20H16O8. The summed E-state index contributed by atoms with van der Waals surface area (Å²) in [6.07, 6.45) is -2.10. The number of Topliss-reactive ketones (excluding diaryl/α,β-unsaturated/α-hetero) is 2. The largest absolute Gasteiger partial charge is 0.507 e. The quantitative estimate of drug-likeness (QED) is 0.519. The molecule has 28 heavy (non-hydrogen) atoms. The van der Waals surface area contributed by atoms with Gasteiger partial charge in [-0.15, -0.1) is 0 Å². The first-order chi connectivity index (χ1) is 13.1. The fourth-order valence-corrected chi connectivity index (χ4v) is 3.90. The number of benzene rings is 1. The molecular weight excluding hydrogens is 368 g/mol. The molecule has 4 rings (SSSR count). The Bertz CT molecular complexity index is 1070. The number of phenolic OH excluding ortho intramolecular Hbond substituents is 1. The van der Waals surface area contributed by atoms with Crippen molar-refractivity contribution in [3.63, 3.8) is 0 Å². The summed E-state index contributed by atoms with van der Waals surface area (Å²) in [5.74, 6) is -3.04. The number of esters is 1. The summed E-state index contributed by atoms with van der Waals surface area (Å²) in [5, 5.41) is 41.8. The van der Waals surface area contributed by atoms with Crippen molar-refractivity contribution in [3.05, 3.63) is 57.7 Å². The smallest absolute Gasteiger partial charge is 0.303 e. The van der Waals surface area contributed by atoms with E-state index in [1.165, 1.54) is 24.3 Å². The third-order valence-electron chi connectivity index (χ3n) is 5.27. The first-order valence-corrected chi connectivity index (χ1v) is 8.46. The molecule has 3 aliphatic carbocycles. The lowest BCUT2D eigenvalue weighted by Crippen LogP contribution is -2.57. The maximum atomic E-state index is 12.9. The first-order valence-electron chi connectivity index (χ1n) is 8.46. The van der Waals surface area contributed by atoms with Gasteiger partial charge >= 0.3 is 5.97 Å². The average molecular weight is 384 g/mol. The van der Waals surface area contributed by atoms with Gasteiger partial charge in [-0.1, -0.05) is 12.1 Å². The van der Waals surface area contributed by atoms with Gasteiger partial charge in [0.05, 0.1) is 5.56 Å². The molecule has 3 aliphatic rings. The molecule has 3 unspecified atom stereocenters. The van der Waals surface area contributed by atoms with Crippen LogP contribution in [-0.4, -0.2) is 55.8 Å². The van der Waals surface area contributed by atoms with E-state index >= 15 is 0 Å². The zero-order valence-corrected chi connectivity index (χ0v) is 14.9. The monoisotopic (exact) mass is 384 g/mol. The van der Waals surface area contributed by atoms with Crippen molar-refractivity contribution in [3.8, 4) is 5.75 Å². The average Bonchev–Trinajstić information content (AvgIpc) is 3.02. The van der Waals surface area contributed by atoms with Crippen molar-refractivity contribution >= 4 is 23.3 Å². The molecule has 8 heteroatoms. The number of aromatic hydroxyl groups is 1. The van der Waals surface area contributed by atoms with Crippen LogP contribution in [0.15, 0.2) is 46.6 Å². The summed E-state index contributed by atoms with van der Waals surface area (Å²) < 4.78 is 5.15. The van der Waals surface area contributed by atoms with Gasteiger partial charge in [-0.2, -0.15) is 0 Å². The van der Waals surface area contributed by atoms with Gasteiger partial charge in [-0.3, -0.25) is 14.4 Å². The van der Waals surface area contributed by atoms with Gasteiger partial charge < -0.3 is 25.2 Å². The molecule has 0 bridgehead atoms. The molecule has 0 saturated heterocycles. The Hall–Kier alpha value is -3.23. The molecule has 0 radical (unpaired) electrons. The minimum absolute atomic E-state index is 0.0472. The molecule has 1 aromatic carbocycles. The number of hydrogen-bond donors (Lipinski definition) is 4. The Morgan fingerprint density at radius 2 is 1.89 bits per heavy atom. The predicted octanol–water partition coefficient (Wildman–Crippen LogP) is 0.720. The molecule has 144 valence electrons. The number of ketones is 2. The van der Waals surface area contributed by atoms with Crippen molar-refractivity contribution in [2.24, 2.45) is 0 Å². The number of ether oxygens (including phenoxy) is 1. The van der Waals surface area contributed by atoms with E-state index in [2.05, 4.69) is 0 Å². The van der Waals surface area contributed by atoms with Gasteiger partial charge in [0.2, 0.25) is 0 Å². The molecule has 1 aromatic rings. The Kier molecular flexibility index (Phi) is 3.65. The fourth-order valence-electron chi connectivity index (χ4n) is 3.90. The highest BCUT2D eigenvalue weighted by Crippen LogP contribution is 2.49. The van der Waals surface area contributed by atoms with Crippen LogP contribution in [0.5, 0.6) is 5.75 Å². The zero-order valence-electron chi connectivity index (χ0n) is 14.9. The van der Waals surface area contributed by atoms with E-state index in [0.29, 0.717) is 0 Å². The van der Waals surface area contributed by atoms with Gasteiger partial charge in [0.15, 0.2) is 23.3 Å². The van der Waals surface area contributed by atoms with Gasteiger partial charge in [0, 0.05) is 34.8 Å². The van der Waals surface area contributed by atoms with E-state index in [0.717, 1.165) is 13.8 Å². The van der Waals surface area contributed by atoms with Gasteiger partial charge in [0.1, 0.15) is 17.6 Å². The highest BCUT2D eigenvalue weighted by atomic mass is 16.6. The van der Waals surface area contributed by atoms with Crippen LogP contribution < -0.4 is 0 Å². The van der Waals surface area contributed by atoms with E-state index in [1.54, 1.807) is 0 Å². The van der Waals surface area contributed by atoms with Crippen LogP contribution in [0, 0.1) is 0 Å². The van der Waals surface area contributed by atoms with Crippen molar-refractivity contribution < 1.29 is 39.5 Å². The molecule has 0 saturated carbocycles. The van der Waals surface area contributed by atoms with E-state index in [4.69, 9.17) is 4.74 Å². The van der Waals surface area contributed by atoms with Gasteiger partial charge in [0.25, 0.3) is 0 Å². The van der Waals surface area contributed by atoms with Crippen LogP contribution >= 0.6 is 0 Å². The highest BCUT2D eigenvalue weighted by Gasteiger charge is 2.55. The second-order valence-electron chi connectivity index (χ2n) is 7.09. The van der Waals surface area contributed by atoms with E-state index in [-0.39, 0.29) is 39.2 Å². The number of aliphatic hydroxyl groups excluding tert-OH is 2. The Labute approximate surface area is 158 Å². The summed E-state index contributed by atoms with van der Waals surface area (Å²) >= 11 is 0. The molecule has 4 N–H and O–H groups in total. The number of fused-ring (bicyclic) bond motifs is 3. The van der Waals surface area contributed by atoms with E-state index in [1.807, 2.05) is 0 Å². The van der Waals surface area contributed by atoms with Crippen LogP contribution in [0.4, 0.5) is 0 Å². The molecule has 8 nitrogen and oxygen atoms in total. The van der Waals surface area contributed by atoms with Crippen molar-refractivity contribution in [2.45, 2.75) is 31.7 Å². The van der Waals surface area contributed by atoms with Crippen molar-refractivity contribution in [1.29, 1.82) is 0 Å². The molecule has 0 aliphatic heterocycles. The molecule has 0 aromatic heterocycles. The van der Waals surface area contributed by atoms with E-state index < -0.39 is 41.1 Å². The van der Waals surface area contributed by atoms with Crippen LogP contribution in [0.3, 0.4) is 0 Å². The lowest BCUT2D eigenvalue weighted by Gasteiger charge is -2.38. The van der Waals surface area contributed by atoms with Crippen molar-refractivity contribution in [2.75, 3.05) is 0 Å². The molecule has 3 atom stereocenters. The lowest BCUT2D eigenvalue weighted by molar-refractivity contribution is -0.170. The molecule has 0 fully saturated rings. The molecule has 0 heterocycles. The second kappa shape index (κ2) is 5.63. The third kappa shape index (κ3) is 2.15. The zero-order chi connectivity index (χ0) is 20.5. The summed E-state index contributed by atoms with van der Waals surface area (Å²) in [6, 6.07) is 4.15. The lowest BCUT2D eigenvalue weighted by atomic mass is 9.75. The summed E-state index contributed by atoms with van der Waals surface area (Å²) in [5.41, 5.74) is -2.69. The number of aliphatic hydroxyl groups is 3. The predicted molar refractivity (Wildman–Crippen MR) is 94.3 cm³/mol. The number of allylic oxidation sites excluding steroid dienone is 2.